The summed E-state index contributed by atoms with van der Waals surface area (Å²) in [6, 6.07) is 6.44. The number of hydrogen-bond acceptors (Lipinski definition) is 4. The Bertz CT molecular complexity index is 1060. The van der Waals surface area contributed by atoms with Gasteiger partial charge in [-0.1, -0.05) is 6.07 Å². The Hall–Kier alpha value is -3.07. The average molecular weight is 446 g/mol. The molecule has 0 aliphatic carbocycles. The van der Waals surface area contributed by atoms with Crippen LogP contribution in [0.15, 0.2) is 36.4 Å². The van der Waals surface area contributed by atoms with Crippen molar-refractivity contribution in [3.05, 3.63) is 65.0 Å². The minimum Gasteiger partial charge on any atom is -0.507 e. The third kappa shape index (κ3) is 3.23. The number of halogens is 3. The molecule has 3 heterocycles. The van der Waals surface area contributed by atoms with Crippen molar-refractivity contribution in [3.63, 3.8) is 0 Å². The highest BCUT2D eigenvalue weighted by atomic mass is 19.1. The number of hydrogen-bond donors (Lipinski definition) is 1. The molecule has 5 rings (SSSR count). The molecule has 1 N–H and O–H groups in total. The number of amides is 2. The first kappa shape index (κ1) is 20.8. The number of phenols is 1. The topological polar surface area (TPSA) is 70.1 Å². The number of ether oxygens (including phenoxy) is 1. The molecule has 3 saturated heterocycles. The molecule has 2 aromatic rings. The van der Waals surface area contributed by atoms with E-state index in [1.807, 2.05) is 0 Å². The summed E-state index contributed by atoms with van der Waals surface area (Å²) in [5, 5.41) is 9.90. The van der Waals surface area contributed by atoms with Gasteiger partial charge in [-0.2, -0.15) is 0 Å². The highest BCUT2D eigenvalue weighted by Crippen LogP contribution is 2.48. The Morgan fingerprint density at radius 2 is 1.75 bits per heavy atom. The Balaban J connectivity index is 1.33. The molecule has 3 aliphatic rings. The SMILES string of the molecule is O=C(c1c(O)cccc1F)N1CCC2(CC1)OC1CC[C@@H](c3cc(F)cc(F)c3)N1C2=O. The quantitative estimate of drug-likeness (QED) is 0.767. The first-order valence-corrected chi connectivity index (χ1v) is 10.5. The lowest BCUT2D eigenvalue weighted by Gasteiger charge is -2.37. The number of piperidine rings is 1. The summed E-state index contributed by atoms with van der Waals surface area (Å²) in [5.41, 5.74) is -1.12. The molecule has 0 radical (unpaired) electrons. The molecular weight excluding hydrogens is 425 g/mol. The summed E-state index contributed by atoms with van der Waals surface area (Å²) >= 11 is 0. The summed E-state index contributed by atoms with van der Waals surface area (Å²) in [7, 11) is 0. The van der Waals surface area contributed by atoms with Gasteiger partial charge in [0.15, 0.2) is 5.60 Å². The molecule has 3 fully saturated rings. The van der Waals surface area contributed by atoms with Crippen LogP contribution in [-0.2, 0) is 9.53 Å². The largest absolute Gasteiger partial charge is 0.507 e. The molecule has 3 aliphatic heterocycles. The summed E-state index contributed by atoms with van der Waals surface area (Å²) < 4.78 is 47.7. The Kier molecular flexibility index (Phi) is 4.88. The van der Waals surface area contributed by atoms with E-state index in [4.69, 9.17) is 4.74 Å². The van der Waals surface area contributed by atoms with Crippen LogP contribution in [0.2, 0.25) is 0 Å². The maximum Gasteiger partial charge on any atom is 0.260 e. The van der Waals surface area contributed by atoms with E-state index in [1.54, 1.807) is 4.90 Å². The summed E-state index contributed by atoms with van der Waals surface area (Å²) in [6.45, 7) is 0.302. The van der Waals surface area contributed by atoms with Crippen LogP contribution in [0.3, 0.4) is 0 Å². The molecular formula is C23H21F3N2O4. The number of likely N-dealkylation sites (tertiary alicyclic amines) is 1. The van der Waals surface area contributed by atoms with Gasteiger partial charge in [0.25, 0.3) is 11.8 Å². The van der Waals surface area contributed by atoms with Crippen LogP contribution < -0.4 is 0 Å². The molecule has 2 aromatic carbocycles. The Labute approximate surface area is 182 Å². The van der Waals surface area contributed by atoms with Gasteiger partial charge in [-0.15, -0.1) is 0 Å². The summed E-state index contributed by atoms with van der Waals surface area (Å²) in [4.78, 5) is 29.1. The number of nitrogens with zero attached hydrogens (tertiary/aromatic N) is 2. The van der Waals surface area contributed by atoms with E-state index in [9.17, 15) is 27.9 Å². The van der Waals surface area contributed by atoms with Crippen LogP contribution in [0, 0.1) is 17.5 Å². The molecule has 9 heteroatoms. The molecule has 6 nitrogen and oxygen atoms in total. The minimum absolute atomic E-state index is 0.151. The molecule has 32 heavy (non-hydrogen) atoms. The van der Waals surface area contributed by atoms with Crippen molar-refractivity contribution >= 4 is 11.8 Å². The second-order valence-corrected chi connectivity index (χ2v) is 8.50. The number of fused-ring (bicyclic) bond motifs is 1. The number of aromatic hydroxyl groups is 1. The standard InChI is InChI=1S/C23H21F3N2O4/c24-14-10-13(11-15(25)12-14)17-4-5-19-28(17)22(31)23(32-19)6-8-27(9-7-23)21(30)20-16(26)2-1-3-18(20)29/h1-3,10-12,17,19,29H,4-9H2/t17-,19?/m0/s1. The van der Waals surface area contributed by atoms with Gasteiger partial charge in [0.05, 0.1) is 6.04 Å². The molecule has 0 bridgehead atoms. The fraction of sp³-hybridized carbons (Fsp3) is 0.391. The fourth-order valence-corrected chi connectivity index (χ4v) is 5.09. The number of benzene rings is 2. The van der Waals surface area contributed by atoms with Crippen molar-refractivity contribution in [2.75, 3.05) is 13.1 Å². The number of phenolic OH excluding ortho intramolecular Hbond substituents is 1. The zero-order valence-corrected chi connectivity index (χ0v) is 17.1. The number of rotatable bonds is 2. The first-order chi connectivity index (χ1) is 15.3. The summed E-state index contributed by atoms with van der Waals surface area (Å²) in [6.07, 6.45) is 1.01. The van der Waals surface area contributed by atoms with Gasteiger partial charge in [-0.25, -0.2) is 13.2 Å². The van der Waals surface area contributed by atoms with E-state index in [0.717, 1.165) is 12.1 Å². The highest BCUT2D eigenvalue weighted by molar-refractivity contribution is 5.97. The second kappa shape index (κ2) is 7.51. The third-order valence-electron chi connectivity index (χ3n) is 6.65. The highest BCUT2D eigenvalue weighted by Gasteiger charge is 2.58. The van der Waals surface area contributed by atoms with Crippen molar-refractivity contribution in [3.8, 4) is 5.75 Å². The zero-order chi connectivity index (χ0) is 22.6. The maximum atomic E-state index is 14.1. The van der Waals surface area contributed by atoms with Crippen LogP contribution in [0.5, 0.6) is 5.75 Å². The molecule has 2 atom stereocenters. The van der Waals surface area contributed by atoms with Crippen LogP contribution >= 0.6 is 0 Å². The van der Waals surface area contributed by atoms with Crippen LogP contribution in [-0.4, -0.2) is 51.6 Å². The summed E-state index contributed by atoms with van der Waals surface area (Å²) in [5.74, 6) is -3.54. The van der Waals surface area contributed by atoms with E-state index in [2.05, 4.69) is 0 Å². The Morgan fingerprint density at radius 1 is 1.06 bits per heavy atom. The third-order valence-corrected chi connectivity index (χ3v) is 6.65. The van der Waals surface area contributed by atoms with Crippen LogP contribution in [0.4, 0.5) is 13.2 Å². The van der Waals surface area contributed by atoms with Gasteiger partial charge in [0, 0.05) is 32.0 Å². The van der Waals surface area contributed by atoms with Crippen molar-refractivity contribution in [1.29, 1.82) is 0 Å². The maximum absolute atomic E-state index is 14.1. The van der Waals surface area contributed by atoms with Gasteiger partial charge in [-0.05, 0) is 42.7 Å². The number of carbonyl (C=O) groups excluding carboxylic acids is 2. The lowest BCUT2D eigenvalue weighted by molar-refractivity contribution is -0.142. The van der Waals surface area contributed by atoms with Gasteiger partial charge >= 0.3 is 0 Å². The van der Waals surface area contributed by atoms with Crippen molar-refractivity contribution in [1.82, 2.24) is 9.80 Å². The predicted octanol–water partition coefficient (Wildman–Crippen LogP) is 3.50. The van der Waals surface area contributed by atoms with Gasteiger partial charge in [0.1, 0.15) is 35.0 Å². The van der Waals surface area contributed by atoms with E-state index in [0.29, 0.717) is 18.4 Å². The van der Waals surface area contributed by atoms with Crippen molar-refractivity contribution in [2.45, 2.75) is 43.6 Å². The average Bonchev–Trinajstić information content (AvgIpc) is 3.26. The van der Waals surface area contributed by atoms with Gasteiger partial charge < -0.3 is 19.6 Å². The lowest BCUT2D eigenvalue weighted by Crippen LogP contribution is -2.51. The molecule has 168 valence electrons. The fourth-order valence-electron chi connectivity index (χ4n) is 5.09. The zero-order valence-electron chi connectivity index (χ0n) is 17.1. The smallest absolute Gasteiger partial charge is 0.260 e. The molecule has 0 saturated carbocycles. The number of carbonyl (C=O) groups is 2. The van der Waals surface area contributed by atoms with E-state index in [1.165, 1.54) is 29.2 Å². The molecule has 1 spiro atoms. The van der Waals surface area contributed by atoms with Crippen molar-refractivity contribution in [2.24, 2.45) is 0 Å². The second-order valence-electron chi connectivity index (χ2n) is 8.50. The molecule has 0 aromatic heterocycles. The van der Waals surface area contributed by atoms with Crippen LogP contribution in [0.25, 0.3) is 0 Å². The predicted molar refractivity (Wildman–Crippen MR) is 106 cm³/mol. The van der Waals surface area contributed by atoms with Crippen molar-refractivity contribution < 1.29 is 32.6 Å². The van der Waals surface area contributed by atoms with Gasteiger partial charge in [-0.3, -0.25) is 9.59 Å². The molecule has 2 amide bonds. The Morgan fingerprint density at radius 3 is 2.41 bits per heavy atom. The van der Waals surface area contributed by atoms with E-state index < -0.39 is 52.5 Å². The van der Waals surface area contributed by atoms with E-state index in [-0.39, 0.29) is 31.8 Å². The minimum atomic E-state index is -1.12. The monoisotopic (exact) mass is 446 g/mol. The lowest BCUT2D eigenvalue weighted by atomic mass is 9.89. The van der Waals surface area contributed by atoms with E-state index >= 15 is 0 Å². The normalized spacial score (nSPS) is 24.3. The first-order valence-electron chi connectivity index (χ1n) is 10.5. The van der Waals surface area contributed by atoms with Crippen LogP contribution in [0.1, 0.15) is 47.6 Å². The van der Waals surface area contributed by atoms with Gasteiger partial charge in [0.2, 0.25) is 0 Å². The molecule has 1 unspecified atom stereocenters.